The third-order valence-electron chi connectivity index (χ3n) is 3.14. The number of allylic oxidation sites excluding steroid dienone is 1. The predicted octanol–water partition coefficient (Wildman–Crippen LogP) is 4.83. The van der Waals surface area contributed by atoms with Gasteiger partial charge in [0.1, 0.15) is 5.75 Å². The van der Waals surface area contributed by atoms with Gasteiger partial charge in [-0.25, -0.2) is 0 Å². The maximum absolute atomic E-state index is 12.4. The van der Waals surface area contributed by atoms with Crippen molar-refractivity contribution in [2.45, 2.75) is 19.4 Å². The second-order valence-corrected chi connectivity index (χ2v) is 5.65. The lowest BCUT2D eigenvalue weighted by Gasteiger charge is -2.16. The van der Waals surface area contributed by atoms with Crippen molar-refractivity contribution in [3.63, 3.8) is 0 Å². The van der Waals surface area contributed by atoms with Crippen LogP contribution in [-0.4, -0.2) is 11.9 Å². The van der Waals surface area contributed by atoms with Gasteiger partial charge in [0.25, 0.3) is 0 Å². The van der Waals surface area contributed by atoms with E-state index in [0.717, 1.165) is 22.2 Å². The molecular weight excluding hydrogens is 328 g/mol. The van der Waals surface area contributed by atoms with E-state index in [1.54, 1.807) is 19.1 Å². The minimum Gasteiger partial charge on any atom is -0.482 e. The number of halogens is 1. The normalized spacial score (nSPS) is 11.7. The van der Waals surface area contributed by atoms with E-state index in [0.29, 0.717) is 5.56 Å². The molecule has 0 fully saturated rings. The molecule has 2 aromatic rings. The number of para-hydroxylation sites is 1. The molecule has 0 amide bonds. The highest BCUT2D eigenvalue weighted by molar-refractivity contribution is 9.10. The summed E-state index contributed by atoms with van der Waals surface area (Å²) < 4.78 is 6.78. The Morgan fingerprint density at radius 3 is 2.57 bits per heavy atom. The van der Waals surface area contributed by atoms with Gasteiger partial charge in [0.2, 0.25) is 5.78 Å². The molecule has 2 rings (SSSR count). The number of Topliss-reactive ketones (excluding diaryl/α,β-unsaturated/α-hetero) is 1. The molecule has 0 heterocycles. The molecule has 3 heteroatoms. The Morgan fingerprint density at radius 2 is 1.90 bits per heavy atom. The molecule has 1 atom stereocenters. The van der Waals surface area contributed by atoms with Crippen LogP contribution in [-0.2, 0) is 6.42 Å². The lowest BCUT2D eigenvalue weighted by Crippen LogP contribution is -2.24. The van der Waals surface area contributed by atoms with Crippen molar-refractivity contribution in [3.8, 4) is 5.75 Å². The van der Waals surface area contributed by atoms with Crippen molar-refractivity contribution in [1.29, 1.82) is 0 Å². The van der Waals surface area contributed by atoms with Gasteiger partial charge in [0.15, 0.2) is 6.10 Å². The fourth-order valence-electron chi connectivity index (χ4n) is 2.04. The predicted molar refractivity (Wildman–Crippen MR) is 88.9 cm³/mol. The molecule has 108 valence electrons. The molecule has 0 spiro atoms. The zero-order valence-corrected chi connectivity index (χ0v) is 13.5. The molecule has 0 radical (unpaired) electrons. The van der Waals surface area contributed by atoms with Gasteiger partial charge in [0, 0.05) is 10.0 Å². The molecule has 21 heavy (non-hydrogen) atoms. The van der Waals surface area contributed by atoms with Crippen molar-refractivity contribution in [1.82, 2.24) is 0 Å². The third-order valence-corrected chi connectivity index (χ3v) is 3.67. The van der Waals surface area contributed by atoms with Crippen molar-refractivity contribution in [2.24, 2.45) is 0 Å². The summed E-state index contributed by atoms with van der Waals surface area (Å²) in [6.07, 6.45) is 2.01. The molecule has 0 saturated carbocycles. The zero-order valence-electron chi connectivity index (χ0n) is 11.9. The van der Waals surface area contributed by atoms with Crippen molar-refractivity contribution in [3.05, 3.63) is 76.8 Å². The van der Waals surface area contributed by atoms with E-state index in [1.165, 1.54) is 0 Å². The van der Waals surface area contributed by atoms with E-state index in [1.807, 2.05) is 42.5 Å². The summed E-state index contributed by atoms with van der Waals surface area (Å²) in [7, 11) is 0. The van der Waals surface area contributed by atoms with Crippen LogP contribution in [0.4, 0.5) is 0 Å². The van der Waals surface area contributed by atoms with Crippen molar-refractivity contribution in [2.75, 3.05) is 0 Å². The average Bonchev–Trinajstić information content (AvgIpc) is 2.49. The third kappa shape index (κ3) is 4.05. The first kappa shape index (κ1) is 15.5. The molecule has 0 N–H and O–H groups in total. The minimum atomic E-state index is -0.530. The van der Waals surface area contributed by atoms with E-state index in [2.05, 4.69) is 22.5 Å². The van der Waals surface area contributed by atoms with Crippen molar-refractivity contribution < 1.29 is 9.53 Å². The number of rotatable bonds is 6. The van der Waals surface area contributed by atoms with Crippen LogP contribution in [0.1, 0.15) is 22.8 Å². The maximum Gasteiger partial charge on any atom is 0.202 e. The number of ether oxygens (including phenoxy) is 1. The molecule has 0 aliphatic rings. The van der Waals surface area contributed by atoms with E-state index >= 15 is 0 Å². The lowest BCUT2D eigenvalue weighted by atomic mass is 10.1. The maximum atomic E-state index is 12.4. The van der Waals surface area contributed by atoms with Gasteiger partial charge < -0.3 is 4.74 Å². The monoisotopic (exact) mass is 344 g/mol. The molecule has 0 aliphatic carbocycles. The minimum absolute atomic E-state index is 0.0316. The van der Waals surface area contributed by atoms with Gasteiger partial charge in [-0.3, -0.25) is 4.79 Å². The number of benzene rings is 2. The smallest absolute Gasteiger partial charge is 0.202 e. The summed E-state index contributed by atoms with van der Waals surface area (Å²) in [6, 6.07) is 15.0. The Bertz CT molecular complexity index is 632. The quantitative estimate of drug-likeness (QED) is 0.554. The topological polar surface area (TPSA) is 26.3 Å². The van der Waals surface area contributed by atoms with Gasteiger partial charge in [-0.05, 0) is 37.1 Å². The highest BCUT2D eigenvalue weighted by atomic mass is 79.9. The number of carbonyl (C=O) groups is 1. The van der Waals surface area contributed by atoms with Gasteiger partial charge >= 0.3 is 0 Å². The van der Waals surface area contributed by atoms with Crippen LogP contribution in [0.3, 0.4) is 0 Å². The van der Waals surface area contributed by atoms with Crippen LogP contribution in [0.15, 0.2) is 65.7 Å². The molecule has 2 nitrogen and oxygen atoms in total. The number of hydrogen-bond donors (Lipinski definition) is 0. The Balaban J connectivity index is 2.14. The summed E-state index contributed by atoms with van der Waals surface area (Å²) in [5.41, 5.74) is 1.68. The Morgan fingerprint density at radius 1 is 1.24 bits per heavy atom. The van der Waals surface area contributed by atoms with Crippen molar-refractivity contribution >= 4 is 21.7 Å². The highest BCUT2D eigenvalue weighted by Crippen LogP contribution is 2.21. The molecule has 0 aromatic heterocycles. The highest BCUT2D eigenvalue weighted by Gasteiger charge is 2.17. The molecular formula is C18H17BrO2. The van der Waals surface area contributed by atoms with Gasteiger partial charge in [-0.15, -0.1) is 6.58 Å². The second kappa shape index (κ2) is 7.23. The first-order valence-electron chi connectivity index (χ1n) is 6.77. The van der Waals surface area contributed by atoms with Crippen LogP contribution in [0, 0.1) is 0 Å². The van der Waals surface area contributed by atoms with Gasteiger partial charge in [-0.2, -0.15) is 0 Å². The summed E-state index contributed by atoms with van der Waals surface area (Å²) in [5.74, 6) is 0.700. The SMILES string of the molecule is C=CCc1ccccc1OC(C)C(=O)c1ccc(Br)cc1. The number of hydrogen-bond acceptors (Lipinski definition) is 2. The van der Waals surface area contributed by atoms with Crippen LogP contribution >= 0.6 is 15.9 Å². The first-order valence-corrected chi connectivity index (χ1v) is 7.56. The number of ketones is 1. The lowest BCUT2D eigenvalue weighted by molar-refractivity contribution is 0.0817. The molecule has 0 aliphatic heterocycles. The molecule has 0 saturated heterocycles. The molecule has 1 unspecified atom stereocenters. The Labute approximate surface area is 133 Å². The Kier molecular flexibility index (Phi) is 5.34. The average molecular weight is 345 g/mol. The van der Waals surface area contributed by atoms with Crippen LogP contribution in [0.5, 0.6) is 5.75 Å². The van der Waals surface area contributed by atoms with E-state index in [4.69, 9.17) is 4.74 Å². The summed E-state index contributed by atoms with van der Waals surface area (Å²) in [4.78, 5) is 12.4. The fourth-order valence-corrected chi connectivity index (χ4v) is 2.30. The summed E-state index contributed by atoms with van der Waals surface area (Å²) in [5, 5.41) is 0. The second-order valence-electron chi connectivity index (χ2n) is 4.73. The van der Waals surface area contributed by atoms with Crippen LogP contribution < -0.4 is 4.74 Å². The van der Waals surface area contributed by atoms with E-state index in [-0.39, 0.29) is 5.78 Å². The zero-order chi connectivity index (χ0) is 15.2. The summed E-state index contributed by atoms with van der Waals surface area (Å²) in [6.45, 7) is 5.51. The number of carbonyl (C=O) groups excluding carboxylic acids is 1. The van der Waals surface area contributed by atoms with Gasteiger partial charge in [0.05, 0.1) is 0 Å². The molecule has 0 bridgehead atoms. The first-order chi connectivity index (χ1) is 10.1. The van der Waals surface area contributed by atoms with Gasteiger partial charge in [-0.1, -0.05) is 52.3 Å². The van der Waals surface area contributed by atoms with Crippen LogP contribution in [0.2, 0.25) is 0 Å². The largest absolute Gasteiger partial charge is 0.482 e. The van der Waals surface area contributed by atoms with E-state index in [9.17, 15) is 4.79 Å². The molecule has 2 aromatic carbocycles. The summed E-state index contributed by atoms with van der Waals surface area (Å²) >= 11 is 3.36. The fraction of sp³-hybridized carbons (Fsp3) is 0.167. The van der Waals surface area contributed by atoms with Crippen LogP contribution in [0.25, 0.3) is 0 Å². The Hall–Kier alpha value is -1.87. The van der Waals surface area contributed by atoms with E-state index < -0.39 is 6.10 Å². The standard InChI is InChI=1S/C18H17BrO2/c1-3-6-14-7-4-5-8-17(14)21-13(2)18(20)15-9-11-16(19)12-10-15/h3-5,7-13H,1,6H2,2H3.